The third-order valence-corrected chi connectivity index (χ3v) is 6.11. The summed E-state index contributed by atoms with van der Waals surface area (Å²) >= 11 is 1.40. The highest BCUT2D eigenvalue weighted by molar-refractivity contribution is 8.15. The van der Waals surface area contributed by atoms with Gasteiger partial charge in [-0.15, -0.1) is 5.10 Å². The monoisotopic (exact) mass is 424 g/mol. The average Bonchev–Trinajstić information content (AvgIpc) is 3.36. The van der Waals surface area contributed by atoms with Crippen LogP contribution < -0.4 is 4.90 Å². The zero-order valence-electron chi connectivity index (χ0n) is 16.9. The van der Waals surface area contributed by atoms with Crippen molar-refractivity contribution in [1.82, 2.24) is 4.98 Å². The molecule has 1 fully saturated rings. The van der Waals surface area contributed by atoms with Crippen molar-refractivity contribution < 1.29 is 4.79 Å². The number of hydrogen-bond donors (Lipinski definition) is 1. The number of carbonyl (C=O) groups excluding carboxylic acids is 1. The maximum absolute atomic E-state index is 12.4. The number of nitrogens with zero attached hydrogens (tertiary/aromatic N) is 3. The Bertz CT molecular complexity index is 1310. The summed E-state index contributed by atoms with van der Waals surface area (Å²) in [5, 5.41) is 10.5. The molecule has 1 aromatic heterocycles. The molecule has 3 aromatic carbocycles. The van der Waals surface area contributed by atoms with E-state index in [0.29, 0.717) is 10.9 Å². The van der Waals surface area contributed by atoms with Crippen molar-refractivity contribution in [2.24, 2.45) is 10.2 Å². The van der Waals surface area contributed by atoms with Crippen LogP contribution in [0.25, 0.3) is 22.2 Å². The topological polar surface area (TPSA) is 60.8 Å². The Morgan fingerprint density at radius 3 is 2.52 bits per heavy atom. The lowest BCUT2D eigenvalue weighted by molar-refractivity contribution is -0.115. The summed E-state index contributed by atoms with van der Waals surface area (Å²) in [6, 6.07) is 26.2. The Labute approximate surface area is 184 Å². The van der Waals surface area contributed by atoms with Gasteiger partial charge in [0, 0.05) is 16.5 Å². The maximum Gasteiger partial charge on any atom is 0.243 e. The molecule has 1 saturated heterocycles. The minimum atomic E-state index is 0.0138. The number of aromatic amines is 1. The van der Waals surface area contributed by atoms with Crippen LogP contribution in [0, 0.1) is 6.92 Å². The summed E-state index contributed by atoms with van der Waals surface area (Å²) in [4.78, 5) is 17.6. The molecular weight excluding hydrogens is 404 g/mol. The first kappa shape index (κ1) is 19.3. The number of amides is 1. The van der Waals surface area contributed by atoms with Gasteiger partial charge in [-0.3, -0.25) is 9.69 Å². The van der Waals surface area contributed by atoms with Crippen molar-refractivity contribution in [2.75, 3.05) is 10.7 Å². The van der Waals surface area contributed by atoms with Gasteiger partial charge in [0.2, 0.25) is 5.91 Å². The lowest BCUT2D eigenvalue weighted by Crippen LogP contribution is -2.28. The number of hydrogen-bond acceptors (Lipinski definition) is 4. The summed E-state index contributed by atoms with van der Waals surface area (Å²) in [5.41, 5.74) is 6.05. The summed E-state index contributed by atoms with van der Waals surface area (Å²) in [6.07, 6.45) is 1.77. The standard InChI is InChI=1S/C25H20N4OS/c1-17-11-13-19(14-12-17)29-23(30)16-31-25(29)28-26-15-21-20-9-5-6-10-22(20)27-24(21)18-7-3-2-4-8-18/h2-15,27H,16H2,1H3/b26-15-,28-25?. The normalized spacial score (nSPS) is 15.6. The van der Waals surface area contributed by atoms with Crippen LogP contribution in [0.2, 0.25) is 0 Å². The molecule has 5 rings (SSSR count). The summed E-state index contributed by atoms with van der Waals surface area (Å²) in [6.45, 7) is 2.02. The smallest absolute Gasteiger partial charge is 0.243 e. The Kier molecular flexibility index (Phi) is 5.14. The minimum Gasteiger partial charge on any atom is -0.354 e. The lowest BCUT2D eigenvalue weighted by atomic mass is 10.1. The van der Waals surface area contributed by atoms with Crippen LogP contribution in [0.3, 0.4) is 0 Å². The molecule has 1 amide bonds. The van der Waals surface area contributed by atoms with E-state index in [1.165, 1.54) is 11.8 Å². The quantitative estimate of drug-likeness (QED) is 0.342. The molecule has 0 atom stereocenters. The van der Waals surface area contributed by atoms with Gasteiger partial charge in [-0.05, 0) is 30.7 Å². The third kappa shape index (κ3) is 3.78. The number of aromatic nitrogens is 1. The van der Waals surface area contributed by atoms with Gasteiger partial charge in [-0.2, -0.15) is 5.10 Å². The van der Waals surface area contributed by atoms with Gasteiger partial charge in [0.05, 0.1) is 23.3 Å². The minimum absolute atomic E-state index is 0.0138. The summed E-state index contributed by atoms with van der Waals surface area (Å²) in [7, 11) is 0. The molecule has 6 heteroatoms. The Morgan fingerprint density at radius 1 is 0.968 bits per heavy atom. The maximum atomic E-state index is 12.4. The van der Waals surface area contributed by atoms with Gasteiger partial charge in [0.15, 0.2) is 5.17 Å². The average molecular weight is 425 g/mol. The van der Waals surface area contributed by atoms with Crippen molar-refractivity contribution in [3.05, 3.63) is 90.0 Å². The molecule has 0 radical (unpaired) electrons. The molecule has 1 aliphatic rings. The molecule has 31 heavy (non-hydrogen) atoms. The SMILES string of the molecule is Cc1ccc(N2C(=O)CSC2=N/N=C\c2c(-c3ccccc3)[nH]c3ccccc23)cc1. The van der Waals surface area contributed by atoms with Crippen LogP contribution in [0.5, 0.6) is 0 Å². The zero-order valence-corrected chi connectivity index (χ0v) is 17.8. The number of amidine groups is 1. The van der Waals surface area contributed by atoms with Crippen LogP contribution in [-0.4, -0.2) is 28.0 Å². The number of nitrogens with one attached hydrogen (secondary N) is 1. The fraction of sp³-hybridized carbons (Fsp3) is 0.0800. The highest BCUT2D eigenvalue weighted by atomic mass is 32.2. The fourth-order valence-electron chi connectivity index (χ4n) is 3.65. The molecule has 1 N–H and O–H groups in total. The summed E-state index contributed by atoms with van der Waals surface area (Å²) in [5.74, 6) is 0.379. The first-order valence-corrected chi connectivity index (χ1v) is 11.0. The fourth-order valence-corrected chi connectivity index (χ4v) is 4.47. The van der Waals surface area contributed by atoms with Crippen molar-refractivity contribution in [3.63, 3.8) is 0 Å². The molecule has 2 heterocycles. The Hall–Kier alpha value is -3.64. The molecule has 0 unspecified atom stereocenters. The van der Waals surface area contributed by atoms with Gasteiger partial charge in [-0.25, -0.2) is 0 Å². The van der Waals surface area contributed by atoms with Crippen molar-refractivity contribution >= 4 is 45.6 Å². The second-order valence-electron chi connectivity index (χ2n) is 7.31. The first-order chi connectivity index (χ1) is 15.2. The van der Waals surface area contributed by atoms with Gasteiger partial charge < -0.3 is 4.98 Å². The van der Waals surface area contributed by atoms with Crippen molar-refractivity contribution in [1.29, 1.82) is 0 Å². The van der Waals surface area contributed by atoms with Gasteiger partial charge in [0.25, 0.3) is 0 Å². The zero-order chi connectivity index (χ0) is 21.2. The van der Waals surface area contributed by atoms with E-state index >= 15 is 0 Å². The number of aryl methyl sites for hydroxylation is 1. The summed E-state index contributed by atoms with van der Waals surface area (Å²) < 4.78 is 0. The van der Waals surface area contributed by atoms with E-state index in [4.69, 9.17) is 0 Å². The molecule has 0 aliphatic carbocycles. The second-order valence-corrected chi connectivity index (χ2v) is 8.25. The van der Waals surface area contributed by atoms with Crippen LogP contribution in [0.15, 0.2) is 89.1 Å². The van der Waals surface area contributed by atoms with Gasteiger partial charge in [-0.1, -0.05) is 78.0 Å². The Balaban J connectivity index is 1.52. The predicted molar refractivity (Wildman–Crippen MR) is 130 cm³/mol. The van der Waals surface area contributed by atoms with Crippen molar-refractivity contribution in [3.8, 4) is 11.3 Å². The molecular formula is C25H20N4OS. The second kappa shape index (κ2) is 8.24. The van der Waals surface area contributed by atoms with E-state index < -0.39 is 0 Å². The van der Waals surface area contributed by atoms with Crippen LogP contribution >= 0.6 is 11.8 Å². The molecule has 5 nitrogen and oxygen atoms in total. The van der Waals surface area contributed by atoms with E-state index in [1.54, 1.807) is 11.1 Å². The molecule has 4 aromatic rings. The van der Waals surface area contributed by atoms with E-state index in [-0.39, 0.29) is 5.91 Å². The highest BCUT2D eigenvalue weighted by Crippen LogP contribution is 2.30. The third-order valence-electron chi connectivity index (χ3n) is 5.20. The van der Waals surface area contributed by atoms with E-state index in [0.717, 1.165) is 39.0 Å². The van der Waals surface area contributed by atoms with Crippen LogP contribution in [0.4, 0.5) is 5.69 Å². The number of para-hydroxylation sites is 1. The number of benzene rings is 3. The molecule has 1 aliphatic heterocycles. The number of anilines is 1. The highest BCUT2D eigenvalue weighted by Gasteiger charge is 2.29. The number of rotatable bonds is 4. The van der Waals surface area contributed by atoms with Gasteiger partial charge in [0.1, 0.15) is 0 Å². The number of carbonyl (C=O) groups is 1. The van der Waals surface area contributed by atoms with Gasteiger partial charge >= 0.3 is 0 Å². The van der Waals surface area contributed by atoms with E-state index in [2.05, 4.69) is 39.5 Å². The first-order valence-electron chi connectivity index (χ1n) is 10.0. The van der Waals surface area contributed by atoms with Crippen molar-refractivity contribution in [2.45, 2.75) is 6.92 Å². The largest absolute Gasteiger partial charge is 0.354 e. The molecule has 0 spiro atoms. The molecule has 0 bridgehead atoms. The van der Waals surface area contributed by atoms with E-state index in [9.17, 15) is 4.79 Å². The van der Waals surface area contributed by atoms with Crippen LogP contribution in [-0.2, 0) is 4.79 Å². The number of thioether (sulfide) groups is 1. The Morgan fingerprint density at radius 2 is 1.71 bits per heavy atom. The van der Waals surface area contributed by atoms with E-state index in [1.807, 2.05) is 61.5 Å². The van der Waals surface area contributed by atoms with Crippen LogP contribution in [0.1, 0.15) is 11.1 Å². The lowest BCUT2D eigenvalue weighted by Gasteiger charge is -2.15. The molecule has 152 valence electrons. The molecule has 0 saturated carbocycles. The number of H-pyrrole nitrogens is 1. The predicted octanol–water partition coefficient (Wildman–Crippen LogP) is 5.61. The number of fused-ring (bicyclic) bond motifs is 1.